The van der Waals surface area contributed by atoms with Gasteiger partial charge in [-0.1, -0.05) is 5.16 Å². The Bertz CT molecular complexity index is 535. The number of aromatic nitrogens is 2. The highest BCUT2D eigenvalue weighted by Gasteiger charge is 2.31. The van der Waals surface area contributed by atoms with E-state index in [4.69, 9.17) is 4.52 Å². The molecular weight excluding hydrogens is 314 g/mol. The Kier molecular flexibility index (Phi) is 3.50. The van der Waals surface area contributed by atoms with Gasteiger partial charge in [0.05, 0.1) is 4.88 Å². The minimum absolute atomic E-state index is 0.466. The van der Waals surface area contributed by atoms with Crippen LogP contribution in [0.3, 0.4) is 0 Å². The molecule has 1 N–H and O–H groups in total. The highest BCUT2D eigenvalue weighted by molar-refractivity contribution is 9.10. The number of rotatable bonds is 5. The summed E-state index contributed by atoms with van der Waals surface area (Å²) in [5, 5.41) is 9.40. The van der Waals surface area contributed by atoms with Gasteiger partial charge in [0, 0.05) is 22.3 Å². The second-order valence-electron chi connectivity index (χ2n) is 4.58. The Morgan fingerprint density at radius 2 is 2.44 bits per heavy atom. The summed E-state index contributed by atoms with van der Waals surface area (Å²) < 4.78 is 6.38. The minimum Gasteiger partial charge on any atom is -0.339 e. The summed E-state index contributed by atoms with van der Waals surface area (Å²) in [6, 6.07) is 2.48. The standard InChI is InChI=1S/C12H14BrN3OS/c1-14-9(7-2-3-7)5-11-15-12(16-17-11)10-4-8(13)6-18-10/h4,6-7,9,14H,2-3,5H2,1H3. The maximum absolute atomic E-state index is 5.33. The van der Waals surface area contributed by atoms with Gasteiger partial charge < -0.3 is 9.84 Å². The zero-order valence-electron chi connectivity index (χ0n) is 10.0. The second kappa shape index (κ2) is 5.11. The van der Waals surface area contributed by atoms with Crippen molar-refractivity contribution in [3.05, 3.63) is 21.8 Å². The lowest BCUT2D eigenvalue weighted by Crippen LogP contribution is -2.29. The minimum atomic E-state index is 0.466. The molecule has 1 atom stereocenters. The first-order valence-corrected chi connectivity index (χ1v) is 7.68. The molecule has 0 amide bonds. The first-order chi connectivity index (χ1) is 8.76. The molecule has 1 aliphatic carbocycles. The lowest BCUT2D eigenvalue weighted by molar-refractivity contribution is 0.352. The highest BCUT2D eigenvalue weighted by atomic mass is 79.9. The first-order valence-electron chi connectivity index (χ1n) is 6.00. The maximum Gasteiger partial charge on any atom is 0.228 e. The molecule has 18 heavy (non-hydrogen) atoms. The van der Waals surface area contributed by atoms with Crippen molar-refractivity contribution in [1.82, 2.24) is 15.5 Å². The van der Waals surface area contributed by atoms with E-state index >= 15 is 0 Å². The molecule has 2 heterocycles. The van der Waals surface area contributed by atoms with E-state index < -0.39 is 0 Å². The molecule has 1 saturated carbocycles. The summed E-state index contributed by atoms with van der Waals surface area (Å²) in [7, 11) is 2.00. The van der Waals surface area contributed by atoms with Crippen molar-refractivity contribution in [3.8, 4) is 10.7 Å². The largest absolute Gasteiger partial charge is 0.339 e. The molecule has 3 rings (SSSR count). The topological polar surface area (TPSA) is 51.0 Å². The van der Waals surface area contributed by atoms with Crippen LogP contribution in [-0.2, 0) is 6.42 Å². The Labute approximate surface area is 118 Å². The van der Waals surface area contributed by atoms with Gasteiger partial charge in [0.15, 0.2) is 0 Å². The molecule has 0 aromatic carbocycles. The van der Waals surface area contributed by atoms with Crippen molar-refractivity contribution >= 4 is 27.3 Å². The average molecular weight is 328 g/mol. The molecule has 96 valence electrons. The lowest BCUT2D eigenvalue weighted by atomic mass is 10.1. The molecule has 0 aliphatic heterocycles. The molecule has 4 nitrogen and oxygen atoms in total. The van der Waals surface area contributed by atoms with E-state index in [9.17, 15) is 0 Å². The summed E-state index contributed by atoms with van der Waals surface area (Å²) in [4.78, 5) is 5.50. The van der Waals surface area contributed by atoms with E-state index in [1.165, 1.54) is 12.8 Å². The van der Waals surface area contributed by atoms with Crippen LogP contribution >= 0.6 is 27.3 Å². The van der Waals surface area contributed by atoms with Crippen LogP contribution in [0.15, 0.2) is 20.4 Å². The van der Waals surface area contributed by atoms with Crippen molar-refractivity contribution in [2.75, 3.05) is 7.05 Å². The van der Waals surface area contributed by atoms with Crippen LogP contribution in [0.4, 0.5) is 0 Å². The van der Waals surface area contributed by atoms with Crippen molar-refractivity contribution in [2.24, 2.45) is 5.92 Å². The van der Waals surface area contributed by atoms with E-state index in [1.807, 2.05) is 18.5 Å². The third kappa shape index (κ3) is 2.65. The quantitative estimate of drug-likeness (QED) is 0.916. The zero-order valence-corrected chi connectivity index (χ0v) is 12.4. The molecule has 0 spiro atoms. The molecule has 2 aromatic rings. The van der Waals surface area contributed by atoms with Crippen molar-refractivity contribution in [3.63, 3.8) is 0 Å². The van der Waals surface area contributed by atoms with Gasteiger partial charge in [0.1, 0.15) is 0 Å². The SMILES string of the molecule is CNC(Cc1nc(-c2cc(Br)cs2)no1)C1CC1. The predicted molar refractivity (Wildman–Crippen MR) is 74.6 cm³/mol. The Morgan fingerprint density at radius 3 is 3.06 bits per heavy atom. The first kappa shape index (κ1) is 12.3. The van der Waals surface area contributed by atoms with E-state index in [2.05, 4.69) is 31.4 Å². The smallest absolute Gasteiger partial charge is 0.228 e. The monoisotopic (exact) mass is 327 g/mol. The van der Waals surface area contributed by atoms with Crippen LogP contribution in [0.5, 0.6) is 0 Å². The Balaban J connectivity index is 1.72. The van der Waals surface area contributed by atoms with Gasteiger partial charge in [-0.3, -0.25) is 0 Å². The summed E-state index contributed by atoms with van der Waals surface area (Å²) in [5.41, 5.74) is 0. The van der Waals surface area contributed by atoms with Crippen molar-refractivity contribution in [1.29, 1.82) is 0 Å². The number of halogens is 1. The normalized spacial score (nSPS) is 17.0. The third-order valence-electron chi connectivity index (χ3n) is 3.21. The molecular formula is C12H14BrN3OS. The molecule has 0 radical (unpaired) electrons. The van der Waals surface area contributed by atoms with Crippen molar-refractivity contribution in [2.45, 2.75) is 25.3 Å². The molecule has 6 heteroatoms. The summed E-state index contributed by atoms with van der Waals surface area (Å²) >= 11 is 5.04. The Hall–Kier alpha value is -0.720. The van der Waals surface area contributed by atoms with Gasteiger partial charge in [-0.25, -0.2) is 0 Å². The van der Waals surface area contributed by atoms with Crippen LogP contribution in [0.1, 0.15) is 18.7 Å². The van der Waals surface area contributed by atoms with Gasteiger partial charge in [-0.2, -0.15) is 4.98 Å². The third-order valence-corrected chi connectivity index (χ3v) is 4.90. The van der Waals surface area contributed by atoms with Crippen LogP contribution in [0.25, 0.3) is 10.7 Å². The molecule has 1 unspecified atom stereocenters. The van der Waals surface area contributed by atoms with E-state index in [-0.39, 0.29) is 0 Å². The second-order valence-corrected chi connectivity index (χ2v) is 6.40. The molecule has 0 bridgehead atoms. The van der Waals surface area contributed by atoms with Crippen LogP contribution in [0.2, 0.25) is 0 Å². The number of hydrogen-bond donors (Lipinski definition) is 1. The average Bonchev–Trinajstić information content (AvgIpc) is 2.94. The number of thiophene rings is 1. The lowest BCUT2D eigenvalue weighted by Gasteiger charge is -2.11. The maximum atomic E-state index is 5.33. The molecule has 1 aliphatic rings. The fourth-order valence-corrected chi connectivity index (χ4v) is 3.41. The van der Waals surface area contributed by atoms with Gasteiger partial charge in [0.2, 0.25) is 11.7 Å². The fourth-order valence-electron chi connectivity index (χ4n) is 2.06. The Morgan fingerprint density at radius 1 is 1.61 bits per heavy atom. The van der Waals surface area contributed by atoms with Crippen LogP contribution < -0.4 is 5.32 Å². The summed E-state index contributed by atoms with van der Waals surface area (Å²) in [6.07, 6.45) is 3.44. The van der Waals surface area contributed by atoms with Gasteiger partial charge in [-0.15, -0.1) is 11.3 Å². The number of hydrogen-bond acceptors (Lipinski definition) is 5. The van der Waals surface area contributed by atoms with E-state index in [1.54, 1.807) is 11.3 Å². The molecule has 1 fully saturated rings. The summed E-state index contributed by atoms with van der Waals surface area (Å²) in [5.74, 6) is 2.19. The van der Waals surface area contributed by atoms with Gasteiger partial charge in [-0.05, 0) is 47.8 Å². The van der Waals surface area contributed by atoms with Crippen molar-refractivity contribution < 1.29 is 4.52 Å². The van der Waals surface area contributed by atoms with Crippen LogP contribution in [0, 0.1) is 5.92 Å². The van der Waals surface area contributed by atoms with Gasteiger partial charge in [0.25, 0.3) is 0 Å². The van der Waals surface area contributed by atoms with Crippen LogP contribution in [-0.4, -0.2) is 23.2 Å². The molecule has 2 aromatic heterocycles. The predicted octanol–water partition coefficient (Wildman–Crippen LogP) is 3.10. The number of likely N-dealkylation sites (N-methyl/N-ethyl adjacent to an activating group) is 1. The molecule has 0 saturated heterocycles. The van der Waals surface area contributed by atoms with Gasteiger partial charge >= 0.3 is 0 Å². The summed E-state index contributed by atoms with van der Waals surface area (Å²) in [6.45, 7) is 0. The van der Waals surface area contributed by atoms with E-state index in [0.717, 1.165) is 27.6 Å². The zero-order chi connectivity index (χ0) is 12.5. The number of nitrogens with one attached hydrogen (secondary N) is 1. The van der Waals surface area contributed by atoms with E-state index in [0.29, 0.717) is 11.9 Å². The fraction of sp³-hybridized carbons (Fsp3) is 0.500. The number of nitrogens with zero attached hydrogens (tertiary/aromatic N) is 2. The highest BCUT2D eigenvalue weighted by Crippen LogP contribution is 2.34.